The zero-order valence-electron chi connectivity index (χ0n) is 24.7. The first kappa shape index (κ1) is 30.5. The molecule has 4 aliphatic rings. The molecule has 0 radical (unpaired) electrons. The van der Waals surface area contributed by atoms with Crippen LogP contribution >= 0.6 is 23.2 Å². The molecule has 0 aromatic heterocycles. The van der Waals surface area contributed by atoms with Crippen molar-refractivity contribution in [2.45, 2.75) is 59.0 Å². The molecule has 3 N–H and O–H groups in total. The maximum atomic E-state index is 12.8. The Bertz CT molecular complexity index is 1350. The largest absolute Gasteiger partial charge is 0.465 e. The highest BCUT2D eigenvalue weighted by atomic mass is 35.5. The van der Waals surface area contributed by atoms with E-state index in [1.165, 1.54) is 11.3 Å². The molecule has 6 rings (SSSR count). The number of carbonyl (C=O) groups is 2. The van der Waals surface area contributed by atoms with E-state index in [0.717, 1.165) is 23.6 Å². The predicted octanol–water partition coefficient (Wildman–Crippen LogP) is 6.49. The summed E-state index contributed by atoms with van der Waals surface area (Å²) in [5, 5.41) is 17.2. The Balaban J connectivity index is 1.26. The zero-order chi connectivity index (χ0) is 30.2. The molecule has 2 bridgehead atoms. The zero-order valence-corrected chi connectivity index (χ0v) is 26.3. The number of aliphatic imine (C=N–C) groups is 1. The standard InChI is InChI=1S/C32H41Cl2N5O3/c1-19-18-38(13-14-39(19)31(41)42)30(37-28-16-23-15-26(20(28)2)32(23,3)4)36-25-9-6-22(7-10-25)29(40)35-12-11-21-5-8-24(33)17-27(21)34/h5-10,17,19-20,23,26,28H,11-16,18H2,1-4H3,(H,35,40)(H,36,37)(H,41,42)/t19-,20+,23-,26-,28-/m0/s1. The van der Waals surface area contributed by atoms with Crippen molar-refractivity contribution in [1.29, 1.82) is 0 Å². The molecule has 2 aromatic carbocycles. The molecule has 1 saturated heterocycles. The van der Waals surface area contributed by atoms with Gasteiger partial charge >= 0.3 is 6.09 Å². The van der Waals surface area contributed by atoms with E-state index < -0.39 is 6.09 Å². The summed E-state index contributed by atoms with van der Waals surface area (Å²) in [5.74, 6) is 2.46. The number of anilines is 1. The molecule has 1 heterocycles. The minimum absolute atomic E-state index is 0.145. The molecule has 226 valence electrons. The van der Waals surface area contributed by atoms with E-state index in [1.807, 2.05) is 25.1 Å². The lowest BCUT2D eigenvalue weighted by Gasteiger charge is -2.61. The lowest BCUT2D eigenvalue weighted by atomic mass is 9.45. The lowest BCUT2D eigenvalue weighted by molar-refractivity contribution is -0.108. The van der Waals surface area contributed by atoms with Gasteiger partial charge in [-0.2, -0.15) is 0 Å². The number of rotatable bonds is 6. The van der Waals surface area contributed by atoms with Crippen LogP contribution in [0.25, 0.3) is 0 Å². The predicted molar refractivity (Wildman–Crippen MR) is 169 cm³/mol. The second-order valence-corrected chi connectivity index (χ2v) is 13.5. The molecule has 42 heavy (non-hydrogen) atoms. The van der Waals surface area contributed by atoms with Crippen molar-refractivity contribution < 1.29 is 14.7 Å². The number of amides is 2. The maximum absolute atomic E-state index is 12.8. The van der Waals surface area contributed by atoms with Crippen molar-refractivity contribution in [2.24, 2.45) is 28.2 Å². The van der Waals surface area contributed by atoms with Gasteiger partial charge in [0.15, 0.2) is 5.96 Å². The summed E-state index contributed by atoms with van der Waals surface area (Å²) in [5.41, 5.74) is 2.70. The van der Waals surface area contributed by atoms with Gasteiger partial charge in [-0.05, 0) is 91.3 Å². The average molecular weight is 615 g/mol. The number of carboxylic acid groups (broad SMARTS) is 1. The quantitative estimate of drug-likeness (QED) is 0.255. The molecule has 1 aliphatic heterocycles. The topological polar surface area (TPSA) is 97.3 Å². The second-order valence-electron chi connectivity index (χ2n) is 12.7. The number of nitrogens with one attached hydrogen (secondary N) is 2. The van der Waals surface area contributed by atoms with Gasteiger partial charge < -0.3 is 25.5 Å². The van der Waals surface area contributed by atoms with Crippen LogP contribution in [-0.4, -0.2) is 71.1 Å². The Morgan fingerprint density at radius 2 is 1.81 bits per heavy atom. The Hall–Kier alpha value is -2.97. The summed E-state index contributed by atoms with van der Waals surface area (Å²) in [4.78, 5) is 33.4. The van der Waals surface area contributed by atoms with E-state index in [4.69, 9.17) is 28.2 Å². The number of benzene rings is 2. The average Bonchev–Trinajstić information content (AvgIpc) is 2.94. The Morgan fingerprint density at radius 3 is 2.43 bits per heavy atom. The number of hydrogen-bond donors (Lipinski definition) is 3. The van der Waals surface area contributed by atoms with Gasteiger partial charge in [-0.1, -0.05) is 50.0 Å². The smallest absolute Gasteiger partial charge is 0.407 e. The molecule has 10 heteroatoms. The first-order chi connectivity index (χ1) is 19.9. The first-order valence-corrected chi connectivity index (χ1v) is 15.6. The van der Waals surface area contributed by atoms with E-state index in [9.17, 15) is 14.7 Å². The third-order valence-electron chi connectivity index (χ3n) is 9.87. The molecule has 5 atom stereocenters. The van der Waals surface area contributed by atoms with Crippen LogP contribution in [0, 0.1) is 23.2 Å². The molecule has 0 unspecified atom stereocenters. The van der Waals surface area contributed by atoms with Crippen LogP contribution in [0.4, 0.5) is 10.5 Å². The van der Waals surface area contributed by atoms with Gasteiger partial charge in [0, 0.05) is 53.5 Å². The molecule has 0 spiro atoms. The normalized spacial score (nSPS) is 26.8. The van der Waals surface area contributed by atoms with E-state index >= 15 is 0 Å². The Labute approximate surface area is 258 Å². The molecule has 8 nitrogen and oxygen atoms in total. The van der Waals surface area contributed by atoms with Crippen molar-refractivity contribution in [2.75, 3.05) is 31.5 Å². The number of nitrogens with zero attached hydrogens (tertiary/aromatic N) is 3. The Morgan fingerprint density at radius 1 is 1.07 bits per heavy atom. The maximum Gasteiger partial charge on any atom is 0.407 e. The summed E-state index contributed by atoms with van der Waals surface area (Å²) < 4.78 is 0. The fourth-order valence-electron chi connectivity index (χ4n) is 7.05. The van der Waals surface area contributed by atoms with Gasteiger partial charge in [-0.3, -0.25) is 4.79 Å². The van der Waals surface area contributed by atoms with Crippen LogP contribution in [0.5, 0.6) is 0 Å². The summed E-state index contributed by atoms with van der Waals surface area (Å²) in [6.07, 6.45) is 2.07. The molecule has 3 aliphatic carbocycles. The van der Waals surface area contributed by atoms with Crippen molar-refractivity contribution in [3.05, 3.63) is 63.6 Å². The minimum atomic E-state index is -0.887. The molecule has 2 amide bonds. The van der Waals surface area contributed by atoms with Crippen LogP contribution in [-0.2, 0) is 6.42 Å². The first-order valence-electron chi connectivity index (χ1n) is 14.9. The number of piperazine rings is 1. The van der Waals surface area contributed by atoms with Gasteiger partial charge in [-0.15, -0.1) is 0 Å². The summed E-state index contributed by atoms with van der Waals surface area (Å²) >= 11 is 12.2. The summed E-state index contributed by atoms with van der Waals surface area (Å²) in [7, 11) is 0. The molecule has 3 saturated carbocycles. The third-order valence-corrected chi connectivity index (χ3v) is 10.5. The number of hydrogen-bond acceptors (Lipinski definition) is 3. The van der Waals surface area contributed by atoms with Crippen LogP contribution in [0.15, 0.2) is 47.5 Å². The SMILES string of the molecule is C[C@H]1[C@@H](N=C(Nc2ccc(C(=O)NCCc3ccc(Cl)cc3Cl)cc2)N2CCN(C(=O)O)[C@@H](C)C2)C[C@@H]2C[C@@H]1C2(C)C. The van der Waals surface area contributed by atoms with E-state index in [1.54, 1.807) is 24.3 Å². The molecular formula is C32H41Cl2N5O3. The minimum Gasteiger partial charge on any atom is -0.465 e. The summed E-state index contributed by atoms with van der Waals surface area (Å²) in [6.45, 7) is 11.1. The van der Waals surface area contributed by atoms with Crippen molar-refractivity contribution in [1.82, 2.24) is 15.1 Å². The highest BCUT2D eigenvalue weighted by Gasteiger charge is 2.56. The van der Waals surface area contributed by atoms with Gasteiger partial charge in [0.05, 0.1) is 6.04 Å². The highest BCUT2D eigenvalue weighted by molar-refractivity contribution is 6.35. The van der Waals surface area contributed by atoms with Crippen molar-refractivity contribution in [3.63, 3.8) is 0 Å². The lowest BCUT2D eigenvalue weighted by Crippen LogP contribution is -2.58. The second kappa shape index (κ2) is 12.3. The number of guanidine groups is 1. The summed E-state index contributed by atoms with van der Waals surface area (Å²) in [6, 6.07) is 12.8. The number of halogens is 2. The molecular weight excluding hydrogens is 573 g/mol. The van der Waals surface area contributed by atoms with Crippen molar-refractivity contribution in [3.8, 4) is 0 Å². The third kappa shape index (κ3) is 6.35. The van der Waals surface area contributed by atoms with Gasteiger partial charge in [0.25, 0.3) is 5.91 Å². The van der Waals surface area contributed by atoms with Crippen LogP contribution in [0.1, 0.15) is 56.5 Å². The van der Waals surface area contributed by atoms with Crippen LogP contribution < -0.4 is 10.6 Å². The van der Waals surface area contributed by atoms with E-state index in [2.05, 4.69) is 36.3 Å². The fraction of sp³-hybridized carbons (Fsp3) is 0.531. The van der Waals surface area contributed by atoms with Crippen LogP contribution in [0.3, 0.4) is 0 Å². The van der Waals surface area contributed by atoms with Gasteiger partial charge in [0.2, 0.25) is 0 Å². The van der Waals surface area contributed by atoms with Gasteiger partial charge in [-0.25, -0.2) is 9.79 Å². The highest BCUT2D eigenvalue weighted by Crippen LogP contribution is 2.61. The fourth-order valence-corrected chi connectivity index (χ4v) is 7.55. The molecule has 4 fully saturated rings. The molecule has 2 aromatic rings. The van der Waals surface area contributed by atoms with Crippen molar-refractivity contribution >= 4 is 46.8 Å². The monoisotopic (exact) mass is 613 g/mol. The number of carbonyl (C=O) groups excluding carboxylic acids is 1. The van der Waals surface area contributed by atoms with E-state index in [-0.39, 0.29) is 18.0 Å². The Kier molecular flexibility index (Phi) is 8.95. The number of fused-ring (bicyclic) bond motifs is 2. The van der Waals surface area contributed by atoms with Crippen LogP contribution in [0.2, 0.25) is 10.0 Å². The van der Waals surface area contributed by atoms with Gasteiger partial charge in [0.1, 0.15) is 0 Å². The van der Waals surface area contributed by atoms with E-state index in [0.29, 0.717) is 71.4 Å².